The number of aliphatic imine (C=N–C) groups is 1. The molecule has 0 amide bonds. The molecule has 152 valence electrons. The highest BCUT2D eigenvalue weighted by Crippen LogP contribution is 2.23. The molecule has 0 bridgehead atoms. The van der Waals surface area contributed by atoms with E-state index in [9.17, 15) is 0 Å². The van der Waals surface area contributed by atoms with Crippen molar-refractivity contribution in [3.8, 4) is 0 Å². The highest BCUT2D eigenvalue weighted by Gasteiger charge is 2.23. The van der Waals surface area contributed by atoms with Gasteiger partial charge in [0.15, 0.2) is 11.8 Å². The molecule has 1 fully saturated rings. The maximum Gasteiger partial charge on any atom is 0.194 e. The molecule has 1 N–H and O–H groups in total. The number of benzene rings is 1. The van der Waals surface area contributed by atoms with Crippen LogP contribution in [0.2, 0.25) is 0 Å². The summed E-state index contributed by atoms with van der Waals surface area (Å²) >= 11 is 3.52. The zero-order chi connectivity index (χ0) is 19.9. The zero-order valence-electron chi connectivity index (χ0n) is 17.0. The Kier molecular flexibility index (Phi) is 7.44. The minimum atomic E-state index is 0.415. The quantitative estimate of drug-likeness (QED) is 0.544. The van der Waals surface area contributed by atoms with E-state index in [-0.39, 0.29) is 0 Å². The van der Waals surface area contributed by atoms with E-state index in [0.29, 0.717) is 12.6 Å². The number of aromatic nitrogens is 3. The van der Waals surface area contributed by atoms with Crippen LogP contribution >= 0.6 is 15.9 Å². The van der Waals surface area contributed by atoms with Crippen molar-refractivity contribution in [2.45, 2.75) is 39.9 Å². The van der Waals surface area contributed by atoms with Gasteiger partial charge in [-0.15, -0.1) is 10.2 Å². The molecule has 28 heavy (non-hydrogen) atoms. The number of nitrogens with zero attached hydrogens (tertiary/aromatic N) is 6. The van der Waals surface area contributed by atoms with E-state index >= 15 is 0 Å². The number of hydrogen-bond acceptors (Lipinski definition) is 4. The Hall–Kier alpha value is -1.93. The summed E-state index contributed by atoms with van der Waals surface area (Å²) in [7, 11) is 0. The van der Waals surface area contributed by atoms with Gasteiger partial charge in [-0.05, 0) is 38.5 Å². The fraction of sp³-hybridized carbons (Fsp3) is 0.550. The van der Waals surface area contributed by atoms with Gasteiger partial charge >= 0.3 is 0 Å². The second-order valence-corrected chi connectivity index (χ2v) is 7.87. The molecule has 1 aromatic heterocycles. The van der Waals surface area contributed by atoms with E-state index in [4.69, 9.17) is 4.99 Å². The summed E-state index contributed by atoms with van der Waals surface area (Å²) in [5, 5.41) is 11.6. The normalized spacial score (nSPS) is 17.0. The molecule has 1 aromatic carbocycles. The van der Waals surface area contributed by atoms with Crippen LogP contribution in [0.5, 0.6) is 0 Å². The molecule has 1 atom stereocenters. The van der Waals surface area contributed by atoms with Crippen molar-refractivity contribution >= 4 is 21.9 Å². The lowest BCUT2D eigenvalue weighted by Crippen LogP contribution is -2.52. The Morgan fingerprint density at radius 1 is 1.18 bits per heavy atom. The lowest BCUT2D eigenvalue weighted by molar-refractivity contribution is 0.138. The zero-order valence-corrected chi connectivity index (χ0v) is 18.6. The van der Waals surface area contributed by atoms with Crippen molar-refractivity contribution in [1.29, 1.82) is 0 Å². The van der Waals surface area contributed by atoms with Gasteiger partial charge in [-0.1, -0.05) is 28.1 Å². The van der Waals surface area contributed by atoms with Crippen LogP contribution in [0.25, 0.3) is 0 Å². The Labute approximate surface area is 176 Å². The lowest BCUT2D eigenvalue weighted by atomic mass is 10.1. The van der Waals surface area contributed by atoms with Crippen molar-refractivity contribution in [2.75, 3.05) is 32.7 Å². The smallest absolute Gasteiger partial charge is 0.194 e. The van der Waals surface area contributed by atoms with E-state index in [1.807, 2.05) is 4.57 Å². The van der Waals surface area contributed by atoms with Gasteiger partial charge in [0.2, 0.25) is 0 Å². The van der Waals surface area contributed by atoms with Crippen molar-refractivity contribution < 1.29 is 0 Å². The van der Waals surface area contributed by atoms with Gasteiger partial charge in [-0.3, -0.25) is 4.90 Å². The van der Waals surface area contributed by atoms with Crippen molar-refractivity contribution in [2.24, 2.45) is 4.99 Å². The predicted molar refractivity (Wildman–Crippen MR) is 116 cm³/mol. The van der Waals surface area contributed by atoms with E-state index < -0.39 is 0 Å². The van der Waals surface area contributed by atoms with Gasteiger partial charge < -0.3 is 14.8 Å². The van der Waals surface area contributed by atoms with Crippen molar-refractivity contribution in [3.63, 3.8) is 0 Å². The van der Waals surface area contributed by atoms with Crippen LogP contribution < -0.4 is 5.32 Å². The van der Waals surface area contributed by atoms with Gasteiger partial charge in [0.25, 0.3) is 0 Å². The molecular weight excluding hydrogens is 418 g/mol. The van der Waals surface area contributed by atoms with Gasteiger partial charge in [0.05, 0.1) is 0 Å². The Bertz CT molecular complexity index is 763. The van der Waals surface area contributed by atoms with Crippen LogP contribution in [0, 0.1) is 0 Å². The number of halogens is 1. The molecule has 0 radical (unpaired) electrons. The average Bonchev–Trinajstić information content (AvgIpc) is 3.19. The van der Waals surface area contributed by atoms with Gasteiger partial charge in [-0.25, -0.2) is 4.99 Å². The summed E-state index contributed by atoms with van der Waals surface area (Å²) in [5.41, 5.74) is 1.36. The van der Waals surface area contributed by atoms with E-state index in [1.165, 1.54) is 5.56 Å². The van der Waals surface area contributed by atoms with Gasteiger partial charge in [-0.2, -0.15) is 0 Å². The predicted octanol–water partition coefficient (Wildman–Crippen LogP) is 2.90. The van der Waals surface area contributed by atoms with Gasteiger partial charge in [0.1, 0.15) is 12.9 Å². The van der Waals surface area contributed by atoms with Crippen LogP contribution in [0.3, 0.4) is 0 Å². The van der Waals surface area contributed by atoms with E-state index in [1.54, 1.807) is 6.33 Å². The van der Waals surface area contributed by atoms with Crippen LogP contribution in [0.1, 0.15) is 38.2 Å². The summed E-state index contributed by atoms with van der Waals surface area (Å²) in [6, 6.07) is 9.06. The molecule has 0 saturated carbocycles. The van der Waals surface area contributed by atoms with E-state index in [2.05, 4.69) is 86.3 Å². The van der Waals surface area contributed by atoms with Crippen LogP contribution in [-0.2, 0) is 13.1 Å². The molecule has 0 spiro atoms. The number of rotatable bonds is 6. The van der Waals surface area contributed by atoms with Gasteiger partial charge in [0, 0.05) is 49.8 Å². The van der Waals surface area contributed by atoms with Crippen LogP contribution in [0.4, 0.5) is 0 Å². The summed E-state index contributed by atoms with van der Waals surface area (Å²) in [4.78, 5) is 9.70. The first kappa shape index (κ1) is 20.8. The number of nitrogens with one attached hydrogen (secondary N) is 1. The highest BCUT2D eigenvalue weighted by molar-refractivity contribution is 9.10. The third kappa shape index (κ3) is 5.11. The van der Waals surface area contributed by atoms with Crippen molar-refractivity contribution in [3.05, 3.63) is 46.5 Å². The molecule has 2 heterocycles. The average molecular weight is 448 g/mol. The van der Waals surface area contributed by atoms with Crippen LogP contribution in [-0.4, -0.2) is 63.2 Å². The van der Waals surface area contributed by atoms with Crippen LogP contribution in [0.15, 0.2) is 40.1 Å². The van der Waals surface area contributed by atoms with Crippen molar-refractivity contribution in [1.82, 2.24) is 29.9 Å². The molecule has 8 heteroatoms. The first-order valence-electron chi connectivity index (χ1n) is 10.0. The summed E-state index contributed by atoms with van der Waals surface area (Å²) in [6.45, 7) is 12.7. The molecule has 1 unspecified atom stereocenters. The Morgan fingerprint density at radius 3 is 2.54 bits per heavy atom. The molecule has 3 rings (SSSR count). The fourth-order valence-corrected chi connectivity index (χ4v) is 3.77. The number of piperazine rings is 1. The molecule has 2 aromatic rings. The third-order valence-corrected chi connectivity index (χ3v) is 5.78. The number of guanidine groups is 1. The Morgan fingerprint density at radius 2 is 1.89 bits per heavy atom. The third-order valence-electron chi connectivity index (χ3n) is 5.26. The molecule has 1 aliphatic heterocycles. The number of aryl methyl sites for hydroxylation is 1. The first-order valence-corrected chi connectivity index (χ1v) is 10.8. The molecular formula is C20H30BrN7. The lowest BCUT2D eigenvalue weighted by Gasteiger charge is -2.39. The number of hydrogen-bond donors (Lipinski definition) is 1. The fourth-order valence-electron chi connectivity index (χ4n) is 3.51. The topological polar surface area (TPSA) is 61.6 Å². The standard InChI is InChI=1S/C20H30BrN7/c1-4-22-20(23-14-19-25-24-15-26(19)5-2)28-12-10-27(11-13-28)16(3)17-6-8-18(21)9-7-17/h6-9,15-16H,4-5,10-14H2,1-3H3,(H,22,23). The molecule has 1 saturated heterocycles. The SMILES string of the molecule is CCNC(=NCc1nncn1CC)N1CCN(C(C)c2ccc(Br)cc2)CC1. The Balaban J connectivity index is 1.60. The maximum absolute atomic E-state index is 4.81. The molecule has 0 aliphatic carbocycles. The highest BCUT2D eigenvalue weighted by atomic mass is 79.9. The summed E-state index contributed by atoms with van der Waals surface area (Å²) < 4.78 is 3.16. The van der Waals surface area contributed by atoms with E-state index in [0.717, 1.165) is 55.5 Å². The maximum atomic E-state index is 4.81. The minimum absolute atomic E-state index is 0.415. The summed E-state index contributed by atoms with van der Waals surface area (Å²) in [6.07, 6.45) is 1.76. The second-order valence-electron chi connectivity index (χ2n) is 6.95. The summed E-state index contributed by atoms with van der Waals surface area (Å²) in [5.74, 6) is 1.87. The minimum Gasteiger partial charge on any atom is -0.357 e. The monoisotopic (exact) mass is 447 g/mol. The second kappa shape index (κ2) is 10.0. The largest absolute Gasteiger partial charge is 0.357 e. The first-order chi connectivity index (χ1) is 13.6. The molecule has 7 nitrogen and oxygen atoms in total. The molecule has 1 aliphatic rings.